The van der Waals surface area contributed by atoms with Crippen molar-refractivity contribution in [2.45, 2.75) is 25.7 Å². The zero-order chi connectivity index (χ0) is 17.8. The largest absolute Gasteiger partial charge is 0.493 e. The number of nitrogens with zero attached hydrogens (tertiary/aromatic N) is 1. The minimum atomic E-state index is 0.126. The van der Waals surface area contributed by atoms with E-state index in [-0.39, 0.29) is 5.91 Å². The van der Waals surface area contributed by atoms with Crippen LogP contribution >= 0.6 is 0 Å². The zero-order valence-electron chi connectivity index (χ0n) is 14.8. The first kappa shape index (κ1) is 16.7. The molecule has 4 heteroatoms. The Hall–Kier alpha value is -2.75. The first-order valence-electron chi connectivity index (χ1n) is 9.28. The molecule has 4 rings (SSSR count). The molecule has 3 aromatic rings. The molecule has 26 heavy (non-hydrogen) atoms. The van der Waals surface area contributed by atoms with Crippen molar-refractivity contribution in [2.24, 2.45) is 0 Å². The number of piperidine rings is 1. The summed E-state index contributed by atoms with van der Waals surface area (Å²) in [7, 11) is 0. The maximum atomic E-state index is 12.5. The molecular formula is C22H23NO3. The summed E-state index contributed by atoms with van der Waals surface area (Å²) in [6, 6.07) is 15.6. The Bertz CT molecular complexity index is 876. The second-order valence-electron chi connectivity index (χ2n) is 6.73. The molecule has 1 amide bonds. The molecule has 1 aliphatic heterocycles. The van der Waals surface area contributed by atoms with Crippen molar-refractivity contribution in [3.63, 3.8) is 0 Å². The standard InChI is InChI=1S/C22H23NO3/c24-22(23-13-2-1-3-14-23)19-7-9-20(10-8-19)25-15-11-17-5-4-6-18-12-16-26-21(17)18/h4-10,12,16H,1-3,11,13-15H2. The molecule has 0 spiro atoms. The third kappa shape index (κ3) is 3.59. The van der Waals surface area contributed by atoms with Crippen LogP contribution in [0.2, 0.25) is 0 Å². The molecule has 2 heterocycles. The van der Waals surface area contributed by atoms with Gasteiger partial charge in [0.1, 0.15) is 11.3 Å². The summed E-state index contributed by atoms with van der Waals surface area (Å²) >= 11 is 0. The van der Waals surface area contributed by atoms with E-state index in [1.54, 1.807) is 6.26 Å². The highest BCUT2D eigenvalue weighted by Gasteiger charge is 2.17. The molecule has 0 radical (unpaired) electrons. The van der Waals surface area contributed by atoms with Crippen LogP contribution in [0.25, 0.3) is 11.0 Å². The Labute approximate surface area is 153 Å². The Morgan fingerprint density at radius 1 is 1.00 bits per heavy atom. The number of hydrogen-bond donors (Lipinski definition) is 0. The van der Waals surface area contributed by atoms with Crippen molar-refractivity contribution < 1.29 is 13.9 Å². The van der Waals surface area contributed by atoms with E-state index < -0.39 is 0 Å². The maximum absolute atomic E-state index is 12.5. The number of fused-ring (bicyclic) bond motifs is 1. The van der Waals surface area contributed by atoms with Gasteiger partial charge in [-0.25, -0.2) is 0 Å². The summed E-state index contributed by atoms with van der Waals surface area (Å²) in [6.07, 6.45) is 5.93. The number of carbonyl (C=O) groups is 1. The van der Waals surface area contributed by atoms with Gasteiger partial charge in [0, 0.05) is 30.5 Å². The lowest BCUT2D eigenvalue weighted by Crippen LogP contribution is -2.35. The van der Waals surface area contributed by atoms with E-state index in [4.69, 9.17) is 9.15 Å². The molecular weight excluding hydrogens is 326 g/mol. The Morgan fingerprint density at radius 2 is 1.81 bits per heavy atom. The minimum Gasteiger partial charge on any atom is -0.493 e. The SMILES string of the molecule is O=C(c1ccc(OCCc2cccc3ccoc23)cc1)N1CCCCC1. The topological polar surface area (TPSA) is 42.7 Å². The van der Waals surface area contributed by atoms with E-state index in [0.717, 1.165) is 60.2 Å². The number of likely N-dealkylation sites (tertiary alicyclic amines) is 1. The average Bonchev–Trinajstić information content (AvgIpc) is 3.18. The fourth-order valence-electron chi connectivity index (χ4n) is 3.50. The van der Waals surface area contributed by atoms with Crippen LogP contribution in [0.3, 0.4) is 0 Å². The molecule has 4 nitrogen and oxygen atoms in total. The number of furan rings is 1. The molecule has 0 unspecified atom stereocenters. The average molecular weight is 349 g/mol. The number of para-hydroxylation sites is 1. The lowest BCUT2D eigenvalue weighted by molar-refractivity contribution is 0.0724. The molecule has 1 aromatic heterocycles. The highest BCUT2D eigenvalue weighted by atomic mass is 16.5. The van der Waals surface area contributed by atoms with Gasteiger partial charge in [-0.05, 0) is 55.2 Å². The summed E-state index contributed by atoms with van der Waals surface area (Å²) in [4.78, 5) is 14.4. The van der Waals surface area contributed by atoms with Crippen molar-refractivity contribution in [1.82, 2.24) is 4.90 Å². The van der Waals surface area contributed by atoms with Crippen LogP contribution < -0.4 is 4.74 Å². The Balaban J connectivity index is 1.34. The maximum Gasteiger partial charge on any atom is 0.253 e. The lowest BCUT2D eigenvalue weighted by Gasteiger charge is -2.26. The number of hydrogen-bond acceptors (Lipinski definition) is 3. The lowest BCUT2D eigenvalue weighted by atomic mass is 10.1. The van der Waals surface area contributed by atoms with Gasteiger partial charge in [0.05, 0.1) is 12.9 Å². The molecule has 0 N–H and O–H groups in total. The van der Waals surface area contributed by atoms with Crippen molar-refractivity contribution >= 4 is 16.9 Å². The van der Waals surface area contributed by atoms with Gasteiger partial charge in [-0.1, -0.05) is 18.2 Å². The smallest absolute Gasteiger partial charge is 0.253 e. The predicted molar refractivity (Wildman–Crippen MR) is 102 cm³/mol. The highest BCUT2D eigenvalue weighted by Crippen LogP contribution is 2.21. The van der Waals surface area contributed by atoms with Crippen LogP contribution in [0.1, 0.15) is 35.2 Å². The quantitative estimate of drug-likeness (QED) is 0.672. The second kappa shape index (κ2) is 7.65. The summed E-state index contributed by atoms with van der Waals surface area (Å²) in [5.41, 5.74) is 2.81. The van der Waals surface area contributed by atoms with E-state index >= 15 is 0 Å². The number of amides is 1. The highest BCUT2D eigenvalue weighted by molar-refractivity contribution is 5.94. The van der Waals surface area contributed by atoms with Crippen LogP contribution in [0, 0.1) is 0 Å². The van der Waals surface area contributed by atoms with Crippen molar-refractivity contribution in [3.05, 3.63) is 65.9 Å². The molecule has 0 atom stereocenters. The normalized spacial score (nSPS) is 14.5. The minimum absolute atomic E-state index is 0.126. The van der Waals surface area contributed by atoms with Crippen molar-refractivity contribution in [2.75, 3.05) is 19.7 Å². The number of carbonyl (C=O) groups excluding carboxylic acids is 1. The Morgan fingerprint density at radius 3 is 2.62 bits per heavy atom. The summed E-state index contributed by atoms with van der Waals surface area (Å²) in [5, 5.41) is 1.11. The van der Waals surface area contributed by atoms with E-state index in [0.29, 0.717) is 6.61 Å². The monoisotopic (exact) mass is 349 g/mol. The summed E-state index contributed by atoms with van der Waals surface area (Å²) in [5.74, 6) is 0.910. The van der Waals surface area contributed by atoms with Gasteiger partial charge in [-0.3, -0.25) is 4.79 Å². The predicted octanol–water partition coefficient (Wildman–Crippen LogP) is 4.68. The third-order valence-corrected chi connectivity index (χ3v) is 4.95. The van der Waals surface area contributed by atoms with Crippen LogP contribution in [0.4, 0.5) is 0 Å². The molecule has 134 valence electrons. The first-order chi connectivity index (χ1) is 12.8. The third-order valence-electron chi connectivity index (χ3n) is 4.95. The van der Waals surface area contributed by atoms with E-state index in [9.17, 15) is 4.79 Å². The molecule has 1 aliphatic rings. The molecule has 0 aliphatic carbocycles. The van der Waals surface area contributed by atoms with Gasteiger partial charge in [0.25, 0.3) is 5.91 Å². The summed E-state index contributed by atoms with van der Waals surface area (Å²) in [6.45, 7) is 2.31. The van der Waals surface area contributed by atoms with Gasteiger partial charge in [0.2, 0.25) is 0 Å². The second-order valence-corrected chi connectivity index (χ2v) is 6.73. The number of rotatable bonds is 5. The van der Waals surface area contributed by atoms with Gasteiger partial charge in [0.15, 0.2) is 0 Å². The fraction of sp³-hybridized carbons (Fsp3) is 0.318. The molecule has 0 bridgehead atoms. The van der Waals surface area contributed by atoms with Gasteiger partial charge < -0.3 is 14.1 Å². The summed E-state index contributed by atoms with van der Waals surface area (Å²) < 4.78 is 11.4. The number of ether oxygens (including phenoxy) is 1. The fourth-order valence-corrected chi connectivity index (χ4v) is 3.50. The van der Waals surface area contributed by atoms with Crippen LogP contribution in [-0.4, -0.2) is 30.5 Å². The van der Waals surface area contributed by atoms with Crippen LogP contribution in [-0.2, 0) is 6.42 Å². The van der Waals surface area contributed by atoms with Crippen molar-refractivity contribution in [3.8, 4) is 5.75 Å². The van der Waals surface area contributed by atoms with Crippen LogP contribution in [0.15, 0.2) is 59.2 Å². The van der Waals surface area contributed by atoms with Crippen molar-refractivity contribution in [1.29, 1.82) is 0 Å². The van der Waals surface area contributed by atoms with Crippen LogP contribution in [0.5, 0.6) is 5.75 Å². The van der Waals surface area contributed by atoms with E-state index in [1.165, 1.54) is 6.42 Å². The molecule has 1 saturated heterocycles. The molecule has 1 fully saturated rings. The number of benzene rings is 2. The first-order valence-corrected chi connectivity index (χ1v) is 9.28. The molecule has 0 saturated carbocycles. The van der Waals surface area contributed by atoms with E-state index in [1.807, 2.05) is 47.4 Å². The van der Waals surface area contributed by atoms with Gasteiger partial charge in [-0.2, -0.15) is 0 Å². The molecule has 2 aromatic carbocycles. The van der Waals surface area contributed by atoms with Gasteiger partial charge >= 0.3 is 0 Å². The van der Waals surface area contributed by atoms with Gasteiger partial charge in [-0.15, -0.1) is 0 Å². The Kier molecular flexibility index (Phi) is 4.91. The zero-order valence-corrected chi connectivity index (χ0v) is 14.8. The van der Waals surface area contributed by atoms with E-state index in [2.05, 4.69) is 6.07 Å².